The Labute approximate surface area is 101 Å². The minimum Gasteiger partial charge on any atom is -0.496 e. The van der Waals surface area contributed by atoms with Gasteiger partial charge in [-0.25, -0.2) is 0 Å². The molecule has 16 heavy (non-hydrogen) atoms. The third-order valence-electron chi connectivity index (χ3n) is 2.41. The quantitative estimate of drug-likeness (QED) is 0.747. The van der Waals surface area contributed by atoms with Gasteiger partial charge in [-0.3, -0.25) is 0 Å². The van der Waals surface area contributed by atoms with Gasteiger partial charge >= 0.3 is 0 Å². The molecule has 1 unspecified atom stereocenters. The first-order chi connectivity index (χ1) is 7.59. The molecule has 0 amide bonds. The van der Waals surface area contributed by atoms with E-state index in [-0.39, 0.29) is 0 Å². The van der Waals surface area contributed by atoms with Gasteiger partial charge in [0.2, 0.25) is 0 Å². The van der Waals surface area contributed by atoms with E-state index in [1.54, 1.807) is 25.8 Å². The van der Waals surface area contributed by atoms with E-state index >= 15 is 0 Å². The number of para-hydroxylation sites is 1. The molecule has 3 nitrogen and oxygen atoms in total. The molecule has 1 atom stereocenters. The summed E-state index contributed by atoms with van der Waals surface area (Å²) in [5, 5.41) is 9.76. The van der Waals surface area contributed by atoms with Crippen LogP contribution in [0.25, 0.3) is 0 Å². The van der Waals surface area contributed by atoms with Crippen LogP contribution in [0.15, 0.2) is 29.2 Å². The number of hydrogen-bond acceptors (Lipinski definition) is 4. The first kappa shape index (κ1) is 13.4. The standard InChI is InChI=1S/C12H19NO2S/c1-12(14,9-13)7-8-16-11-6-4-3-5-10(11)15-2/h3-6,14H,7-9,13H2,1-2H3. The largest absolute Gasteiger partial charge is 0.496 e. The molecule has 1 aromatic carbocycles. The van der Waals surface area contributed by atoms with Crippen molar-refractivity contribution in [2.45, 2.75) is 23.8 Å². The van der Waals surface area contributed by atoms with Crippen molar-refractivity contribution >= 4 is 11.8 Å². The van der Waals surface area contributed by atoms with E-state index in [2.05, 4.69) is 0 Å². The second kappa shape index (κ2) is 6.13. The minimum atomic E-state index is -0.769. The smallest absolute Gasteiger partial charge is 0.132 e. The van der Waals surface area contributed by atoms with Gasteiger partial charge in [-0.1, -0.05) is 12.1 Å². The lowest BCUT2D eigenvalue weighted by Crippen LogP contribution is -2.34. The monoisotopic (exact) mass is 241 g/mol. The third kappa shape index (κ3) is 4.04. The van der Waals surface area contributed by atoms with Crippen LogP contribution in [0.4, 0.5) is 0 Å². The fourth-order valence-corrected chi connectivity index (χ4v) is 2.45. The summed E-state index contributed by atoms with van der Waals surface area (Å²) in [6.07, 6.45) is 0.673. The summed E-state index contributed by atoms with van der Waals surface area (Å²) in [7, 11) is 1.66. The zero-order valence-electron chi connectivity index (χ0n) is 9.77. The molecular formula is C12H19NO2S. The van der Waals surface area contributed by atoms with Crippen molar-refractivity contribution < 1.29 is 9.84 Å². The van der Waals surface area contributed by atoms with Crippen molar-refractivity contribution in [3.63, 3.8) is 0 Å². The molecule has 0 aliphatic rings. The van der Waals surface area contributed by atoms with Crippen LogP contribution >= 0.6 is 11.8 Å². The van der Waals surface area contributed by atoms with Crippen LogP contribution < -0.4 is 10.5 Å². The molecule has 0 aromatic heterocycles. The molecule has 0 aliphatic carbocycles. The second-order valence-electron chi connectivity index (χ2n) is 3.95. The Kier molecular flexibility index (Phi) is 5.12. The van der Waals surface area contributed by atoms with Gasteiger partial charge in [-0.05, 0) is 25.5 Å². The maximum atomic E-state index is 9.76. The lowest BCUT2D eigenvalue weighted by atomic mass is 10.1. The number of methoxy groups -OCH3 is 1. The summed E-state index contributed by atoms with van der Waals surface area (Å²) in [5.41, 5.74) is 4.69. The molecule has 1 aromatic rings. The predicted molar refractivity (Wildman–Crippen MR) is 68.0 cm³/mol. The van der Waals surface area contributed by atoms with Gasteiger partial charge in [0, 0.05) is 17.2 Å². The van der Waals surface area contributed by atoms with Crippen LogP contribution in [-0.2, 0) is 0 Å². The van der Waals surface area contributed by atoms with Gasteiger partial charge < -0.3 is 15.6 Å². The molecule has 0 aliphatic heterocycles. The predicted octanol–water partition coefficient (Wildman–Crippen LogP) is 1.89. The van der Waals surface area contributed by atoms with Crippen LogP contribution in [-0.4, -0.2) is 30.1 Å². The first-order valence-electron chi connectivity index (χ1n) is 5.27. The molecule has 0 spiro atoms. The Bertz CT molecular complexity index is 329. The minimum absolute atomic E-state index is 0.291. The van der Waals surface area contributed by atoms with E-state index in [0.717, 1.165) is 16.4 Å². The molecule has 90 valence electrons. The highest BCUT2D eigenvalue weighted by atomic mass is 32.2. The van der Waals surface area contributed by atoms with E-state index in [0.29, 0.717) is 13.0 Å². The SMILES string of the molecule is COc1ccccc1SCCC(C)(O)CN. The topological polar surface area (TPSA) is 55.5 Å². The van der Waals surface area contributed by atoms with E-state index < -0.39 is 5.60 Å². The summed E-state index contributed by atoms with van der Waals surface area (Å²) in [5.74, 6) is 1.70. The van der Waals surface area contributed by atoms with Gasteiger partial charge in [0.25, 0.3) is 0 Å². The number of ether oxygens (including phenoxy) is 1. The third-order valence-corrected chi connectivity index (χ3v) is 3.46. The van der Waals surface area contributed by atoms with Crippen molar-refractivity contribution in [3.05, 3.63) is 24.3 Å². The Morgan fingerprint density at radius 1 is 1.44 bits per heavy atom. The summed E-state index contributed by atoms with van der Waals surface area (Å²) < 4.78 is 5.25. The van der Waals surface area contributed by atoms with Gasteiger partial charge in [-0.2, -0.15) is 0 Å². The normalized spacial score (nSPS) is 14.5. The Hall–Kier alpha value is -0.710. The highest BCUT2D eigenvalue weighted by molar-refractivity contribution is 7.99. The molecular weight excluding hydrogens is 222 g/mol. The maximum absolute atomic E-state index is 9.76. The molecule has 0 heterocycles. The molecule has 0 radical (unpaired) electrons. The lowest BCUT2D eigenvalue weighted by molar-refractivity contribution is 0.0665. The molecule has 0 saturated carbocycles. The molecule has 3 N–H and O–H groups in total. The Balaban J connectivity index is 2.49. The number of hydrogen-bond donors (Lipinski definition) is 2. The van der Waals surface area contributed by atoms with E-state index in [1.807, 2.05) is 24.3 Å². The van der Waals surface area contributed by atoms with Gasteiger partial charge in [0.05, 0.1) is 12.7 Å². The van der Waals surface area contributed by atoms with Gasteiger partial charge in [-0.15, -0.1) is 11.8 Å². The summed E-state index contributed by atoms with van der Waals surface area (Å²) in [4.78, 5) is 1.10. The van der Waals surface area contributed by atoms with Crippen LogP contribution in [0.1, 0.15) is 13.3 Å². The van der Waals surface area contributed by atoms with Gasteiger partial charge in [0.1, 0.15) is 5.75 Å². The van der Waals surface area contributed by atoms with E-state index in [9.17, 15) is 5.11 Å². The van der Waals surface area contributed by atoms with Crippen molar-refractivity contribution in [2.24, 2.45) is 5.73 Å². The van der Waals surface area contributed by atoms with Crippen molar-refractivity contribution in [2.75, 3.05) is 19.4 Å². The zero-order chi connectivity index (χ0) is 12.0. The number of thioether (sulfide) groups is 1. The maximum Gasteiger partial charge on any atom is 0.132 e. The number of rotatable bonds is 6. The fourth-order valence-electron chi connectivity index (χ4n) is 1.22. The summed E-state index contributed by atoms with van der Waals surface area (Å²) >= 11 is 1.67. The highest BCUT2D eigenvalue weighted by Gasteiger charge is 2.17. The Morgan fingerprint density at radius 2 is 2.12 bits per heavy atom. The van der Waals surface area contributed by atoms with Crippen LogP contribution in [0, 0.1) is 0 Å². The number of nitrogens with two attached hydrogens (primary N) is 1. The summed E-state index contributed by atoms with van der Waals surface area (Å²) in [6.45, 7) is 2.05. The van der Waals surface area contributed by atoms with Crippen molar-refractivity contribution in [3.8, 4) is 5.75 Å². The average molecular weight is 241 g/mol. The van der Waals surface area contributed by atoms with Crippen LogP contribution in [0.3, 0.4) is 0 Å². The van der Waals surface area contributed by atoms with Gasteiger partial charge in [0.15, 0.2) is 0 Å². The molecule has 1 rings (SSSR count). The Morgan fingerprint density at radius 3 is 2.75 bits per heavy atom. The molecule has 0 fully saturated rings. The number of aliphatic hydroxyl groups is 1. The molecule has 0 bridgehead atoms. The lowest BCUT2D eigenvalue weighted by Gasteiger charge is -2.20. The first-order valence-corrected chi connectivity index (χ1v) is 6.26. The number of benzene rings is 1. The zero-order valence-corrected chi connectivity index (χ0v) is 10.6. The molecule has 4 heteroatoms. The molecule has 0 saturated heterocycles. The fraction of sp³-hybridized carbons (Fsp3) is 0.500. The second-order valence-corrected chi connectivity index (χ2v) is 5.09. The van der Waals surface area contributed by atoms with E-state index in [4.69, 9.17) is 10.5 Å². The van der Waals surface area contributed by atoms with E-state index in [1.165, 1.54) is 0 Å². The van der Waals surface area contributed by atoms with Crippen molar-refractivity contribution in [1.82, 2.24) is 0 Å². The summed E-state index contributed by atoms with van der Waals surface area (Å²) in [6, 6.07) is 7.87. The van der Waals surface area contributed by atoms with Crippen molar-refractivity contribution in [1.29, 1.82) is 0 Å². The average Bonchev–Trinajstić information content (AvgIpc) is 2.29. The highest BCUT2D eigenvalue weighted by Crippen LogP contribution is 2.30. The van der Waals surface area contributed by atoms with Crippen LogP contribution in [0.5, 0.6) is 5.75 Å². The van der Waals surface area contributed by atoms with Crippen LogP contribution in [0.2, 0.25) is 0 Å².